The number of hydrogen-bond donors (Lipinski definition) is 2. The van der Waals surface area contributed by atoms with Crippen molar-refractivity contribution < 1.29 is 23.8 Å². The number of nitrogens with zero attached hydrogens (tertiary/aromatic N) is 3. The van der Waals surface area contributed by atoms with Crippen LogP contribution in [0.15, 0.2) is 48.8 Å². The lowest BCUT2D eigenvalue weighted by Crippen LogP contribution is -2.17. The number of benzene rings is 2. The molecule has 3 aromatic rings. The van der Waals surface area contributed by atoms with Crippen LogP contribution in [0.5, 0.6) is 11.5 Å². The molecule has 1 unspecified atom stereocenters. The van der Waals surface area contributed by atoms with Crippen molar-refractivity contribution in [3.8, 4) is 11.5 Å². The number of carbonyl (C=O) groups is 1. The van der Waals surface area contributed by atoms with Crippen LogP contribution in [-0.2, 0) is 6.54 Å². The van der Waals surface area contributed by atoms with E-state index < -0.39 is 12.0 Å². The first kappa shape index (κ1) is 17.9. The Morgan fingerprint density at radius 3 is 2.71 bits per heavy atom. The van der Waals surface area contributed by atoms with E-state index in [1.807, 2.05) is 0 Å². The lowest BCUT2D eigenvalue weighted by Gasteiger charge is -2.18. The van der Waals surface area contributed by atoms with Gasteiger partial charge in [-0.3, -0.25) is 4.79 Å². The summed E-state index contributed by atoms with van der Waals surface area (Å²) in [7, 11) is 0. The molecule has 8 nitrogen and oxygen atoms in total. The predicted molar refractivity (Wildman–Crippen MR) is 96.8 cm³/mol. The van der Waals surface area contributed by atoms with E-state index in [-0.39, 0.29) is 18.2 Å². The van der Waals surface area contributed by atoms with Crippen LogP contribution in [0, 0.1) is 5.82 Å². The third-order valence-corrected chi connectivity index (χ3v) is 4.15. The molecule has 0 radical (unpaired) electrons. The SMILES string of the molecule is O=C(Nc1ccc2c(c1)OCCO2)c1ncn(CC(O)c2ccc(F)cc2)n1. The van der Waals surface area contributed by atoms with Crippen molar-refractivity contribution >= 4 is 11.6 Å². The smallest absolute Gasteiger partial charge is 0.295 e. The fourth-order valence-electron chi connectivity index (χ4n) is 2.76. The summed E-state index contributed by atoms with van der Waals surface area (Å²) in [4.78, 5) is 16.3. The topological polar surface area (TPSA) is 98.5 Å². The summed E-state index contributed by atoms with van der Waals surface area (Å²) in [5, 5.41) is 17.0. The third kappa shape index (κ3) is 3.94. The maximum Gasteiger partial charge on any atom is 0.295 e. The molecule has 9 heteroatoms. The summed E-state index contributed by atoms with van der Waals surface area (Å²) in [5.41, 5.74) is 1.07. The van der Waals surface area contributed by atoms with E-state index >= 15 is 0 Å². The van der Waals surface area contributed by atoms with Crippen molar-refractivity contribution in [2.24, 2.45) is 0 Å². The van der Waals surface area contributed by atoms with Crippen LogP contribution in [-0.4, -0.2) is 39.0 Å². The van der Waals surface area contributed by atoms with E-state index in [2.05, 4.69) is 15.4 Å². The first-order chi connectivity index (χ1) is 13.6. The molecule has 0 bridgehead atoms. The van der Waals surface area contributed by atoms with Gasteiger partial charge in [0.2, 0.25) is 5.82 Å². The lowest BCUT2D eigenvalue weighted by atomic mass is 10.1. The summed E-state index contributed by atoms with van der Waals surface area (Å²) < 4.78 is 25.3. The minimum atomic E-state index is -0.906. The summed E-state index contributed by atoms with van der Waals surface area (Å²) in [5.74, 6) is 0.272. The van der Waals surface area contributed by atoms with Gasteiger partial charge in [0.25, 0.3) is 5.91 Å². The Labute approximate surface area is 159 Å². The molecule has 2 heterocycles. The second kappa shape index (κ2) is 7.65. The van der Waals surface area contributed by atoms with E-state index in [9.17, 15) is 14.3 Å². The standard InChI is InChI=1S/C19H17FN4O4/c20-13-3-1-12(2-4-13)15(25)10-24-11-21-18(23-24)19(26)22-14-5-6-16-17(9-14)28-8-7-27-16/h1-6,9,11,15,25H,7-8,10H2,(H,22,26). The molecule has 2 N–H and O–H groups in total. The highest BCUT2D eigenvalue weighted by molar-refractivity contribution is 6.01. The van der Waals surface area contributed by atoms with Crippen LogP contribution in [0.25, 0.3) is 0 Å². The number of anilines is 1. The van der Waals surface area contributed by atoms with Crippen molar-refractivity contribution in [2.45, 2.75) is 12.6 Å². The summed E-state index contributed by atoms with van der Waals surface area (Å²) in [6.07, 6.45) is 0.446. The number of halogens is 1. The van der Waals surface area contributed by atoms with Crippen LogP contribution in [0.4, 0.5) is 10.1 Å². The van der Waals surface area contributed by atoms with Gasteiger partial charge in [0.1, 0.15) is 25.4 Å². The maximum absolute atomic E-state index is 13.0. The molecule has 1 atom stereocenters. The van der Waals surface area contributed by atoms with Crippen molar-refractivity contribution in [3.63, 3.8) is 0 Å². The molecule has 144 valence electrons. The van der Waals surface area contributed by atoms with Crippen molar-refractivity contribution in [1.82, 2.24) is 14.8 Å². The molecule has 4 rings (SSSR count). The number of rotatable bonds is 5. The fraction of sp³-hybridized carbons (Fsp3) is 0.211. The van der Waals surface area contributed by atoms with Gasteiger partial charge < -0.3 is 19.9 Å². The number of hydrogen-bond acceptors (Lipinski definition) is 6. The Kier molecular flexibility index (Phi) is 4.90. The molecule has 0 saturated carbocycles. The molecular formula is C19H17FN4O4. The molecular weight excluding hydrogens is 367 g/mol. The van der Waals surface area contributed by atoms with Gasteiger partial charge in [-0.25, -0.2) is 14.1 Å². The summed E-state index contributed by atoms with van der Waals surface area (Å²) >= 11 is 0. The molecule has 0 spiro atoms. The molecule has 1 aromatic heterocycles. The van der Waals surface area contributed by atoms with Gasteiger partial charge in [-0.05, 0) is 29.8 Å². The maximum atomic E-state index is 13.0. The van der Waals surface area contributed by atoms with Gasteiger partial charge in [-0.15, -0.1) is 5.10 Å². The van der Waals surface area contributed by atoms with Gasteiger partial charge in [0.05, 0.1) is 12.6 Å². The number of fused-ring (bicyclic) bond motifs is 1. The summed E-state index contributed by atoms with van der Waals surface area (Å²) in [6, 6.07) is 10.6. The first-order valence-corrected chi connectivity index (χ1v) is 8.62. The van der Waals surface area contributed by atoms with Crippen LogP contribution in [0.3, 0.4) is 0 Å². The molecule has 0 fully saturated rings. The zero-order chi connectivity index (χ0) is 19.5. The second-order valence-corrected chi connectivity index (χ2v) is 6.17. The van der Waals surface area contributed by atoms with E-state index in [1.54, 1.807) is 18.2 Å². The van der Waals surface area contributed by atoms with Crippen LogP contribution < -0.4 is 14.8 Å². The Bertz CT molecular complexity index is 990. The number of aliphatic hydroxyl groups excluding tert-OH is 1. The van der Waals surface area contributed by atoms with Gasteiger partial charge in [-0.2, -0.15) is 0 Å². The van der Waals surface area contributed by atoms with Gasteiger partial charge in [0.15, 0.2) is 11.5 Å². The average Bonchev–Trinajstić information content (AvgIpc) is 3.17. The van der Waals surface area contributed by atoms with E-state index in [0.29, 0.717) is 36.0 Å². The molecule has 1 amide bonds. The molecule has 28 heavy (non-hydrogen) atoms. The minimum absolute atomic E-state index is 0.0406. The quantitative estimate of drug-likeness (QED) is 0.700. The molecule has 0 saturated heterocycles. The van der Waals surface area contributed by atoms with Crippen molar-refractivity contribution in [3.05, 3.63) is 66.0 Å². The monoisotopic (exact) mass is 384 g/mol. The summed E-state index contributed by atoms with van der Waals surface area (Å²) in [6.45, 7) is 1.02. The first-order valence-electron chi connectivity index (χ1n) is 8.62. The highest BCUT2D eigenvalue weighted by Gasteiger charge is 2.17. The predicted octanol–water partition coefficient (Wildman–Crippen LogP) is 2.17. The van der Waals surface area contributed by atoms with Crippen LogP contribution >= 0.6 is 0 Å². The number of carbonyl (C=O) groups excluding carboxylic acids is 1. The van der Waals surface area contributed by atoms with Gasteiger partial charge >= 0.3 is 0 Å². The van der Waals surface area contributed by atoms with E-state index in [1.165, 1.54) is 35.3 Å². The highest BCUT2D eigenvalue weighted by atomic mass is 19.1. The molecule has 2 aromatic carbocycles. The lowest BCUT2D eigenvalue weighted by molar-refractivity contribution is 0.101. The third-order valence-electron chi connectivity index (χ3n) is 4.15. The fourth-order valence-corrected chi connectivity index (χ4v) is 2.76. The Balaban J connectivity index is 1.40. The van der Waals surface area contributed by atoms with Crippen molar-refractivity contribution in [1.29, 1.82) is 0 Å². The van der Waals surface area contributed by atoms with Crippen molar-refractivity contribution in [2.75, 3.05) is 18.5 Å². The number of aromatic nitrogens is 3. The number of amides is 1. The van der Waals surface area contributed by atoms with E-state index in [0.717, 1.165) is 0 Å². The van der Waals surface area contributed by atoms with Gasteiger partial charge in [0, 0.05) is 11.8 Å². The Morgan fingerprint density at radius 2 is 1.93 bits per heavy atom. The highest BCUT2D eigenvalue weighted by Crippen LogP contribution is 2.32. The molecule has 0 aliphatic carbocycles. The zero-order valence-corrected chi connectivity index (χ0v) is 14.7. The van der Waals surface area contributed by atoms with E-state index in [4.69, 9.17) is 9.47 Å². The van der Waals surface area contributed by atoms with Gasteiger partial charge in [-0.1, -0.05) is 12.1 Å². The average molecular weight is 384 g/mol. The number of aliphatic hydroxyl groups is 1. The number of nitrogens with one attached hydrogen (secondary N) is 1. The minimum Gasteiger partial charge on any atom is -0.486 e. The molecule has 1 aliphatic rings. The van der Waals surface area contributed by atoms with Crippen LogP contribution in [0.1, 0.15) is 22.3 Å². The Hall–Kier alpha value is -3.46. The normalized spacial score (nSPS) is 13.8. The molecule has 1 aliphatic heterocycles. The largest absolute Gasteiger partial charge is 0.486 e. The Morgan fingerprint density at radius 1 is 1.18 bits per heavy atom. The number of ether oxygens (including phenoxy) is 2. The zero-order valence-electron chi connectivity index (χ0n) is 14.7. The van der Waals surface area contributed by atoms with Crippen LogP contribution in [0.2, 0.25) is 0 Å². The second-order valence-electron chi connectivity index (χ2n) is 6.17.